The van der Waals surface area contributed by atoms with E-state index in [0.717, 1.165) is 148 Å². The fourth-order valence-corrected chi connectivity index (χ4v) is 8.90. The largest absolute Gasteiger partial charge is 0.462 e. The standard InChI is InChI=1S/C74H122O6/c1-4-7-10-13-16-19-22-24-26-28-30-31-32-33-34-35-36-37-38-39-40-41-42-43-45-46-48-50-52-55-58-61-64-67-73(76)79-70-71(69-78-72(75)66-63-60-57-54-21-18-15-12-9-6-3)80-74(77)68-65-62-59-56-53-51-49-47-44-29-27-25-23-20-17-14-11-8-5-2/h7,10,12,15-17,19-20,24-27,30-31,33-34,36-37,39-40,44,47,71H,4-6,8-9,11,13-14,18,21-23,28-29,32,35,38,41-43,45-46,48-70H2,1-3H3/b10-7-,15-12-,19-16-,20-17-,26-24-,27-25-,31-30-,34-33-,37-36-,40-39-,47-44-. The molecule has 0 radical (unpaired) electrons. The minimum absolute atomic E-state index is 0.0897. The van der Waals surface area contributed by atoms with E-state index in [1.807, 2.05) is 0 Å². The maximum atomic E-state index is 12.9. The lowest BCUT2D eigenvalue weighted by atomic mass is 10.0. The zero-order chi connectivity index (χ0) is 57.8. The molecule has 0 spiro atoms. The third-order valence-corrected chi connectivity index (χ3v) is 13.8. The van der Waals surface area contributed by atoms with Crippen LogP contribution in [0.2, 0.25) is 0 Å². The maximum Gasteiger partial charge on any atom is 0.306 e. The number of carbonyl (C=O) groups excluding carboxylic acids is 3. The number of ether oxygens (including phenoxy) is 3. The maximum absolute atomic E-state index is 12.9. The first-order valence-electron chi connectivity index (χ1n) is 33.2. The monoisotopic (exact) mass is 1110 g/mol. The van der Waals surface area contributed by atoms with Gasteiger partial charge in [-0.15, -0.1) is 0 Å². The molecular formula is C74H122O6. The van der Waals surface area contributed by atoms with Crippen molar-refractivity contribution in [3.63, 3.8) is 0 Å². The van der Waals surface area contributed by atoms with E-state index in [4.69, 9.17) is 14.2 Å². The van der Waals surface area contributed by atoms with E-state index in [-0.39, 0.29) is 31.1 Å². The molecule has 0 fully saturated rings. The highest BCUT2D eigenvalue weighted by atomic mass is 16.6. The number of esters is 3. The molecule has 0 N–H and O–H groups in total. The Morgan fingerprint density at radius 1 is 0.263 bits per heavy atom. The second-order valence-electron chi connectivity index (χ2n) is 21.6. The Bertz CT molecular complexity index is 1700. The van der Waals surface area contributed by atoms with Crippen LogP contribution in [-0.4, -0.2) is 37.2 Å². The van der Waals surface area contributed by atoms with Crippen LogP contribution in [0.4, 0.5) is 0 Å². The van der Waals surface area contributed by atoms with Gasteiger partial charge in [0.1, 0.15) is 13.2 Å². The van der Waals surface area contributed by atoms with Crippen molar-refractivity contribution in [2.45, 2.75) is 303 Å². The van der Waals surface area contributed by atoms with Crippen LogP contribution >= 0.6 is 0 Å². The van der Waals surface area contributed by atoms with Crippen LogP contribution in [0.5, 0.6) is 0 Å². The van der Waals surface area contributed by atoms with Gasteiger partial charge in [-0.2, -0.15) is 0 Å². The van der Waals surface area contributed by atoms with Crippen LogP contribution in [0, 0.1) is 0 Å². The Labute approximate surface area is 494 Å². The van der Waals surface area contributed by atoms with Crippen molar-refractivity contribution in [1.82, 2.24) is 0 Å². The third kappa shape index (κ3) is 64.4. The molecule has 1 unspecified atom stereocenters. The summed E-state index contributed by atoms with van der Waals surface area (Å²) in [5.41, 5.74) is 0. The topological polar surface area (TPSA) is 78.9 Å². The van der Waals surface area contributed by atoms with Crippen molar-refractivity contribution in [2.24, 2.45) is 0 Å². The first-order valence-corrected chi connectivity index (χ1v) is 33.2. The second-order valence-corrected chi connectivity index (χ2v) is 21.6. The Kier molecular flexibility index (Phi) is 63.3. The Hall–Kier alpha value is -4.45. The van der Waals surface area contributed by atoms with Gasteiger partial charge in [-0.05, 0) is 135 Å². The second kappa shape index (κ2) is 67.1. The van der Waals surface area contributed by atoms with Crippen molar-refractivity contribution in [2.75, 3.05) is 13.2 Å². The molecule has 454 valence electrons. The van der Waals surface area contributed by atoms with Gasteiger partial charge >= 0.3 is 17.9 Å². The number of carbonyl (C=O) groups is 3. The van der Waals surface area contributed by atoms with E-state index in [0.29, 0.717) is 19.3 Å². The van der Waals surface area contributed by atoms with Gasteiger partial charge in [0.05, 0.1) is 0 Å². The lowest BCUT2D eigenvalue weighted by Crippen LogP contribution is -2.30. The van der Waals surface area contributed by atoms with Crippen LogP contribution in [0.3, 0.4) is 0 Å². The molecule has 6 nitrogen and oxygen atoms in total. The van der Waals surface area contributed by atoms with E-state index in [2.05, 4.69) is 154 Å². The zero-order valence-electron chi connectivity index (χ0n) is 52.0. The first-order chi connectivity index (χ1) is 39.5. The molecule has 0 aromatic rings. The number of rotatable bonds is 59. The normalized spacial score (nSPS) is 13.0. The van der Waals surface area contributed by atoms with E-state index >= 15 is 0 Å². The quantitative estimate of drug-likeness (QED) is 0.0261. The molecule has 0 aliphatic carbocycles. The molecular weight excluding hydrogens is 985 g/mol. The highest BCUT2D eigenvalue weighted by molar-refractivity contribution is 5.71. The molecule has 0 aliphatic rings. The van der Waals surface area contributed by atoms with Gasteiger partial charge in [0, 0.05) is 19.3 Å². The SMILES string of the molecule is CC/C=C\C/C=C\C/C=C\C/C=C\C/C=C\C/C=C\C/C=C\CCCCCCCCCCCCCC(=O)OCC(COC(=O)CCCCCCC/C=C\CCC)OC(=O)CCCCCCCC/C=C\C/C=C\C/C=C\CCCCC. The van der Waals surface area contributed by atoms with Crippen molar-refractivity contribution in [3.8, 4) is 0 Å². The highest BCUT2D eigenvalue weighted by Gasteiger charge is 2.19. The van der Waals surface area contributed by atoms with Crippen LogP contribution in [0.25, 0.3) is 0 Å². The molecule has 80 heavy (non-hydrogen) atoms. The number of unbranched alkanes of at least 4 members (excludes halogenated alkanes) is 26. The van der Waals surface area contributed by atoms with Crippen molar-refractivity contribution in [3.05, 3.63) is 134 Å². The highest BCUT2D eigenvalue weighted by Crippen LogP contribution is 2.15. The van der Waals surface area contributed by atoms with E-state index in [9.17, 15) is 14.4 Å². The van der Waals surface area contributed by atoms with E-state index < -0.39 is 6.10 Å². The average molecular weight is 1110 g/mol. The lowest BCUT2D eigenvalue weighted by Gasteiger charge is -2.18. The van der Waals surface area contributed by atoms with Gasteiger partial charge in [0.25, 0.3) is 0 Å². The van der Waals surface area contributed by atoms with Crippen LogP contribution in [0.15, 0.2) is 134 Å². The summed E-state index contributed by atoms with van der Waals surface area (Å²) in [6, 6.07) is 0. The molecule has 0 rings (SSSR count). The molecule has 0 saturated carbocycles. The fourth-order valence-electron chi connectivity index (χ4n) is 8.90. The summed E-state index contributed by atoms with van der Waals surface area (Å²) in [7, 11) is 0. The van der Waals surface area contributed by atoms with Crippen LogP contribution in [0.1, 0.15) is 297 Å². The van der Waals surface area contributed by atoms with Gasteiger partial charge < -0.3 is 14.2 Å². The molecule has 0 aliphatic heterocycles. The summed E-state index contributed by atoms with van der Waals surface area (Å²) in [6.07, 6.45) is 94.7. The molecule has 0 aromatic heterocycles. The third-order valence-electron chi connectivity index (χ3n) is 13.8. The Morgan fingerprint density at radius 3 is 0.825 bits per heavy atom. The van der Waals surface area contributed by atoms with Crippen LogP contribution < -0.4 is 0 Å². The molecule has 6 heteroatoms. The summed E-state index contributed by atoms with van der Waals surface area (Å²) < 4.78 is 16.9. The minimum Gasteiger partial charge on any atom is -0.462 e. The average Bonchev–Trinajstić information content (AvgIpc) is 3.46. The van der Waals surface area contributed by atoms with Gasteiger partial charge in [-0.3, -0.25) is 14.4 Å². The lowest BCUT2D eigenvalue weighted by molar-refractivity contribution is -0.167. The molecule has 0 aromatic carbocycles. The summed E-state index contributed by atoms with van der Waals surface area (Å²) >= 11 is 0. The number of hydrogen-bond acceptors (Lipinski definition) is 6. The smallest absolute Gasteiger partial charge is 0.306 e. The molecule has 0 bridgehead atoms. The Balaban J connectivity index is 4.22. The zero-order valence-corrected chi connectivity index (χ0v) is 52.0. The summed E-state index contributed by atoms with van der Waals surface area (Å²) in [5.74, 6) is -0.913. The predicted molar refractivity (Wildman–Crippen MR) is 348 cm³/mol. The van der Waals surface area contributed by atoms with Crippen molar-refractivity contribution in [1.29, 1.82) is 0 Å². The van der Waals surface area contributed by atoms with Crippen LogP contribution in [-0.2, 0) is 28.6 Å². The minimum atomic E-state index is -0.793. The number of allylic oxidation sites excluding steroid dienone is 22. The van der Waals surface area contributed by atoms with E-state index in [1.165, 1.54) is 109 Å². The molecule has 1 atom stereocenters. The molecule has 0 saturated heterocycles. The summed E-state index contributed by atoms with van der Waals surface area (Å²) in [5, 5.41) is 0. The van der Waals surface area contributed by atoms with Gasteiger partial charge in [-0.25, -0.2) is 0 Å². The van der Waals surface area contributed by atoms with Gasteiger partial charge in [0.15, 0.2) is 6.10 Å². The predicted octanol–water partition coefficient (Wildman–Crippen LogP) is 22.9. The molecule has 0 heterocycles. The van der Waals surface area contributed by atoms with E-state index in [1.54, 1.807) is 0 Å². The first kappa shape index (κ1) is 75.5. The number of hydrogen-bond donors (Lipinski definition) is 0. The summed E-state index contributed by atoms with van der Waals surface area (Å²) in [4.78, 5) is 38.2. The van der Waals surface area contributed by atoms with Crippen molar-refractivity contribution < 1.29 is 28.6 Å². The Morgan fingerprint density at radius 2 is 0.512 bits per heavy atom. The van der Waals surface area contributed by atoms with Gasteiger partial charge in [-0.1, -0.05) is 276 Å². The summed E-state index contributed by atoms with van der Waals surface area (Å²) in [6.45, 7) is 6.42. The fraction of sp³-hybridized carbons (Fsp3) is 0.662. The van der Waals surface area contributed by atoms with Crippen molar-refractivity contribution >= 4 is 17.9 Å². The molecule has 0 amide bonds. The van der Waals surface area contributed by atoms with Gasteiger partial charge in [0.2, 0.25) is 0 Å².